The number of aromatic nitrogens is 5. The molecule has 2 aliphatic rings. The van der Waals surface area contributed by atoms with Gasteiger partial charge in [0, 0.05) is 30.3 Å². The molecular weight excluding hydrogens is 364 g/mol. The van der Waals surface area contributed by atoms with E-state index in [9.17, 15) is 0 Å². The molecule has 3 aromatic rings. The minimum atomic E-state index is 0.373. The maximum Gasteiger partial charge on any atom is 0.223 e. The van der Waals surface area contributed by atoms with Crippen molar-refractivity contribution in [3.05, 3.63) is 52.1 Å². The van der Waals surface area contributed by atoms with Crippen LogP contribution in [0, 0.1) is 6.92 Å². The number of aryl methyl sites for hydroxylation is 1. The number of nitrogens with one attached hydrogen (secondary N) is 1. The quantitative estimate of drug-likeness (QED) is 0.726. The number of halogens is 1. The fourth-order valence-corrected chi connectivity index (χ4v) is 4.48. The highest BCUT2D eigenvalue weighted by atomic mass is 35.5. The largest absolute Gasteiger partial charge is 0.340 e. The van der Waals surface area contributed by atoms with Gasteiger partial charge >= 0.3 is 0 Å². The molecule has 0 atom stereocenters. The summed E-state index contributed by atoms with van der Waals surface area (Å²) in [6.07, 6.45) is 4.18. The van der Waals surface area contributed by atoms with Gasteiger partial charge in [-0.05, 0) is 49.4 Å². The second-order valence-electron chi connectivity index (χ2n) is 7.41. The molecule has 1 aromatic carbocycles. The molecule has 0 bridgehead atoms. The molecule has 1 saturated carbocycles. The maximum atomic E-state index is 6.21. The van der Waals surface area contributed by atoms with E-state index in [1.54, 1.807) is 0 Å². The first-order valence-corrected chi connectivity index (χ1v) is 9.81. The fraction of sp³-hybridized carbons (Fsp3) is 0.474. The van der Waals surface area contributed by atoms with E-state index in [0.717, 1.165) is 60.4 Å². The number of fused-ring (bicyclic) bond motifs is 3. The van der Waals surface area contributed by atoms with Gasteiger partial charge < -0.3 is 9.84 Å². The second kappa shape index (κ2) is 6.73. The van der Waals surface area contributed by atoms with Crippen LogP contribution in [0.5, 0.6) is 0 Å². The molecule has 0 unspecified atom stereocenters. The van der Waals surface area contributed by atoms with E-state index in [4.69, 9.17) is 16.1 Å². The first-order valence-electron chi connectivity index (χ1n) is 9.43. The van der Waals surface area contributed by atoms with Crippen molar-refractivity contribution < 1.29 is 4.52 Å². The van der Waals surface area contributed by atoms with E-state index in [-0.39, 0.29) is 0 Å². The van der Waals surface area contributed by atoms with Crippen molar-refractivity contribution in [1.82, 2.24) is 30.2 Å². The zero-order valence-corrected chi connectivity index (χ0v) is 15.9. The standard InChI is InChI=1S/C19H21ClN6O/c1-11-22-18(25-27-11)12-2-4-13(5-3-12)19-24-23-17-10-21-9-14-8-15(20)6-7-16(14)26(17)19/h6-8,12-13,21H,2-5,9-10H2,1H3/t12-,13+. The molecule has 8 heteroatoms. The highest BCUT2D eigenvalue weighted by Gasteiger charge is 2.31. The van der Waals surface area contributed by atoms with Crippen LogP contribution >= 0.6 is 11.6 Å². The molecule has 0 saturated heterocycles. The van der Waals surface area contributed by atoms with Crippen LogP contribution in [0.25, 0.3) is 5.69 Å². The van der Waals surface area contributed by atoms with Crippen LogP contribution in [-0.2, 0) is 13.1 Å². The van der Waals surface area contributed by atoms with E-state index in [1.165, 1.54) is 5.56 Å². The topological polar surface area (TPSA) is 81.7 Å². The van der Waals surface area contributed by atoms with Gasteiger partial charge in [0.1, 0.15) is 5.82 Å². The molecule has 0 spiro atoms. The highest BCUT2D eigenvalue weighted by Crippen LogP contribution is 2.40. The molecule has 1 fully saturated rings. The van der Waals surface area contributed by atoms with Crippen molar-refractivity contribution in [2.45, 2.75) is 57.5 Å². The number of hydrogen-bond acceptors (Lipinski definition) is 6. The molecule has 2 aromatic heterocycles. The number of benzene rings is 1. The lowest BCUT2D eigenvalue weighted by atomic mass is 9.81. The molecule has 0 amide bonds. The van der Waals surface area contributed by atoms with Crippen molar-refractivity contribution in [2.24, 2.45) is 0 Å². The zero-order chi connectivity index (χ0) is 18.4. The van der Waals surface area contributed by atoms with Crippen molar-refractivity contribution in [3.8, 4) is 5.69 Å². The first-order chi connectivity index (χ1) is 13.2. The summed E-state index contributed by atoms with van der Waals surface area (Å²) >= 11 is 6.21. The third kappa shape index (κ3) is 3.04. The Morgan fingerprint density at radius 3 is 2.70 bits per heavy atom. The van der Waals surface area contributed by atoms with Gasteiger partial charge in [-0.2, -0.15) is 4.98 Å². The molecule has 0 radical (unpaired) electrons. The Kier molecular flexibility index (Phi) is 4.21. The third-order valence-electron chi connectivity index (χ3n) is 5.64. The maximum absolute atomic E-state index is 6.21. The number of hydrogen-bond donors (Lipinski definition) is 1. The summed E-state index contributed by atoms with van der Waals surface area (Å²) in [7, 11) is 0. The third-order valence-corrected chi connectivity index (χ3v) is 5.87. The van der Waals surface area contributed by atoms with Gasteiger partial charge in [0.2, 0.25) is 5.89 Å². The lowest BCUT2D eigenvalue weighted by Gasteiger charge is -2.26. The Hall–Kier alpha value is -2.25. The summed E-state index contributed by atoms with van der Waals surface area (Å²) in [4.78, 5) is 4.41. The molecule has 5 rings (SSSR count). The average molecular weight is 385 g/mol. The normalized spacial score (nSPS) is 22.1. The Morgan fingerprint density at radius 1 is 1.11 bits per heavy atom. The summed E-state index contributed by atoms with van der Waals surface area (Å²) in [6, 6.07) is 6.04. The fourth-order valence-electron chi connectivity index (χ4n) is 4.29. The highest BCUT2D eigenvalue weighted by molar-refractivity contribution is 6.30. The van der Waals surface area contributed by atoms with E-state index in [1.807, 2.05) is 19.1 Å². The Balaban J connectivity index is 1.43. The first kappa shape index (κ1) is 16.9. The van der Waals surface area contributed by atoms with E-state index in [0.29, 0.717) is 24.3 Å². The van der Waals surface area contributed by atoms with Gasteiger partial charge in [-0.25, -0.2) is 0 Å². The van der Waals surface area contributed by atoms with Crippen LogP contribution in [0.15, 0.2) is 22.7 Å². The summed E-state index contributed by atoms with van der Waals surface area (Å²) in [5, 5.41) is 17.3. The Labute approximate surface area is 162 Å². The van der Waals surface area contributed by atoms with Crippen molar-refractivity contribution in [3.63, 3.8) is 0 Å². The molecule has 140 valence electrons. The van der Waals surface area contributed by atoms with Gasteiger partial charge in [0.15, 0.2) is 11.6 Å². The zero-order valence-electron chi connectivity index (χ0n) is 15.2. The summed E-state index contributed by atoms with van der Waals surface area (Å²) < 4.78 is 7.38. The van der Waals surface area contributed by atoms with Crippen molar-refractivity contribution in [2.75, 3.05) is 0 Å². The minimum Gasteiger partial charge on any atom is -0.340 e. The monoisotopic (exact) mass is 384 g/mol. The molecule has 3 heterocycles. The molecular formula is C19H21ClN6O. The lowest BCUT2D eigenvalue weighted by molar-refractivity contribution is 0.347. The minimum absolute atomic E-state index is 0.373. The number of nitrogens with zero attached hydrogens (tertiary/aromatic N) is 5. The van der Waals surface area contributed by atoms with Crippen molar-refractivity contribution >= 4 is 11.6 Å². The molecule has 7 nitrogen and oxygen atoms in total. The van der Waals surface area contributed by atoms with E-state index >= 15 is 0 Å². The van der Waals surface area contributed by atoms with Gasteiger partial charge in [-0.1, -0.05) is 16.8 Å². The SMILES string of the molecule is Cc1nc([C@H]2CC[C@@H](c3nnc4n3-c3ccc(Cl)cc3CNC4)CC2)no1. The second-order valence-corrected chi connectivity index (χ2v) is 7.84. The van der Waals surface area contributed by atoms with E-state index in [2.05, 4.69) is 36.3 Å². The summed E-state index contributed by atoms with van der Waals surface area (Å²) in [5.74, 6) is 4.25. The van der Waals surface area contributed by atoms with Gasteiger partial charge in [-0.3, -0.25) is 4.57 Å². The number of rotatable bonds is 2. The van der Waals surface area contributed by atoms with Crippen LogP contribution < -0.4 is 5.32 Å². The van der Waals surface area contributed by atoms with Gasteiger partial charge in [0.25, 0.3) is 0 Å². The van der Waals surface area contributed by atoms with Gasteiger partial charge in [-0.15, -0.1) is 10.2 Å². The Morgan fingerprint density at radius 2 is 1.93 bits per heavy atom. The van der Waals surface area contributed by atoms with Crippen LogP contribution in [-0.4, -0.2) is 24.9 Å². The van der Waals surface area contributed by atoms with E-state index < -0.39 is 0 Å². The molecule has 1 N–H and O–H groups in total. The summed E-state index contributed by atoms with van der Waals surface area (Å²) in [5.41, 5.74) is 2.31. The van der Waals surface area contributed by atoms with Crippen molar-refractivity contribution in [1.29, 1.82) is 0 Å². The van der Waals surface area contributed by atoms with Crippen LogP contribution in [0.4, 0.5) is 0 Å². The predicted octanol–water partition coefficient (Wildman–Crippen LogP) is 3.66. The van der Waals surface area contributed by atoms with Gasteiger partial charge in [0.05, 0.1) is 12.2 Å². The Bertz CT molecular complexity index is 972. The molecule has 1 aliphatic carbocycles. The lowest BCUT2D eigenvalue weighted by Crippen LogP contribution is -2.17. The molecule has 1 aliphatic heterocycles. The van der Waals surface area contributed by atoms with Crippen LogP contribution in [0.2, 0.25) is 5.02 Å². The summed E-state index contributed by atoms with van der Waals surface area (Å²) in [6.45, 7) is 3.32. The smallest absolute Gasteiger partial charge is 0.223 e. The van der Waals surface area contributed by atoms with Crippen LogP contribution in [0.3, 0.4) is 0 Å². The van der Waals surface area contributed by atoms with Crippen LogP contribution in [0.1, 0.15) is 66.4 Å². The molecule has 27 heavy (non-hydrogen) atoms. The predicted molar refractivity (Wildman–Crippen MR) is 99.9 cm³/mol. The average Bonchev–Trinajstić information content (AvgIpc) is 3.25.